The van der Waals surface area contributed by atoms with Gasteiger partial charge in [0.15, 0.2) is 0 Å². The van der Waals surface area contributed by atoms with E-state index in [9.17, 15) is 0 Å². The van der Waals surface area contributed by atoms with Crippen molar-refractivity contribution in [2.24, 2.45) is 5.73 Å². The van der Waals surface area contributed by atoms with Gasteiger partial charge in [-0.2, -0.15) is 0 Å². The fourth-order valence-corrected chi connectivity index (χ4v) is 2.97. The second-order valence-electron chi connectivity index (χ2n) is 5.33. The molecule has 0 aliphatic carbocycles. The molecule has 0 radical (unpaired) electrons. The van der Waals surface area contributed by atoms with Crippen LogP contribution in [0.1, 0.15) is 30.8 Å². The summed E-state index contributed by atoms with van der Waals surface area (Å²) < 4.78 is 0. The lowest BCUT2D eigenvalue weighted by Gasteiger charge is -2.20. The van der Waals surface area contributed by atoms with Gasteiger partial charge < -0.3 is 5.73 Å². The molecule has 96 valence electrons. The first-order valence-corrected chi connectivity index (χ1v) is 7.14. The average Bonchev–Trinajstić information content (AvgIpc) is 2.78. The molecule has 3 heteroatoms. The lowest BCUT2D eigenvalue weighted by Crippen LogP contribution is -2.21. The third-order valence-corrected chi connectivity index (χ3v) is 4.37. The molecule has 0 spiro atoms. The summed E-state index contributed by atoms with van der Waals surface area (Å²) in [4.78, 5) is 4.77. The maximum Gasteiger partial charge on any atom is 0.0989 e. The van der Waals surface area contributed by atoms with Gasteiger partial charge in [-0.05, 0) is 26.0 Å². The number of rotatable bonds is 4. The van der Waals surface area contributed by atoms with E-state index in [2.05, 4.69) is 50.4 Å². The van der Waals surface area contributed by atoms with Crippen molar-refractivity contribution in [1.82, 2.24) is 4.98 Å². The zero-order chi connectivity index (χ0) is 13.2. The van der Waals surface area contributed by atoms with Gasteiger partial charge in [-0.25, -0.2) is 4.98 Å². The van der Waals surface area contributed by atoms with Crippen LogP contribution in [-0.4, -0.2) is 11.5 Å². The molecule has 2 nitrogen and oxygen atoms in total. The van der Waals surface area contributed by atoms with Crippen LogP contribution in [0.15, 0.2) is 29.6 Å². The summed E-state index contributed by atoms with van der Waals surface area (Å²) >= 11 is 1.73. The Morgan fingerprint density at radius 2 is 2.11 bits per heavy atom. The van der Waals surface area contributed by atoms with E-state index in [0.717, 1.165) is 12.1 Å². The van der Waals surface area contributed by atoms with E-state index in [1.807, 2.05) is 0 Å². The Bertz CT molecular complexity index is 529. The molecular formula is C15H20N2S. The standard InChI is InChI=1S/C15H20N2S/c1-11-5-4-6-12(9-11)13-10-18-14(17-13)15(2,3)7-8-16/h4-6,9-10H,7-8,16H2,1-3H3. The molecule has 1 aromatic heterocycles. The summed E-state index contributed by atoms with van der Waals surface area (Å²) in [5.74, 6) is 0. The van der Waals surface area contributed by atoms with Gasteiger partial charge in [-0.1, -0.05) is 37.6 Å². The highest BCUT2D eigenvalue weighted by Crippen LogP contribution is 2.32. The number of nitrogens with zero attached hydrogens (tertiary/aromatic N) is 1. The zero-order valence-electron chi connectivity index (χ0n) is 11.2. The van der Waals surface area contributed by atoms with Crippen LogP contribution in [0, 0.1) is 6.92 Å². The van der Waals surface area contributed by atoms with Crippen molar-refractivity contribution in [2.75, 3.05) is 6.54 Å². The Morgan fingerprint density at radius 3 is 2.78 bits per heavy atom. The smallest absolute Gasteiger partial charge is 0.0989 e. The molecule has 18 heavy (non-hydrogen) atoms. The lowest BCUT2D eigenvalue weighted by molar-refractivity contribution is 0.485. The molecule has 0 bridgehead atoms. The van der Waals surface area contributed by atoms with Crippen molar-refractivity contribution in [3.05, 3.63) is 40.2 Å². The molecular weight excluding hydrogens is 240 g/mol. The third-order valence-electron chi connectivity index (χ3n) is 3.17. The molecule has 0 unspecified atom stereocenters. The highest BCUT2D eigenvalue weighted by atomic mass is 32.1. The second kappa shape index (κ2) is 5.21. The van der Waals surface area contributed by atoms with Crippen molar-refractivity contribution in [3.63, 3.8) is 0 Å². The van der Waals surface area contributed by atoms with Crippen molar-refractivity contribution in [1.29, 1.82) is 0 Å². The Kier molecular flexibility index (Phi) is 3.83. The first-order valence-electron chi connectivity index (χ1n) is 6.26. The molecule has 0 aliphatic rings. The van der Waals surface area contributed by atoms with Crippen LogP contribution in [-0.2, 0) is 5.41 Å². The monoisotopic (exact) mass is 260 g/mol. The largest absolute Gasteiger partial charge is 0.330 e. The topological polar surface area (TPSA) is 38.9 Å². The summed E-state index contributed by atoms with van der Waals surface area (Å²) in [6.07, 6.45) is 0.966. The first-order chi connectivity index (χ1) is 8.53. The highest BCUT2D eigenvalue weighted by Gasteiger charge is 2.23. The number of thiazole rings is 1. The fraction of sp³-hybridized carbons (Fsp3) is 0.400. The second-order valence-corrected chi connectivity index (χ2v) is 6.19. The first kappa shape index (κ1) is 13.2. The van der Waals surface area contributed by atoms with Crippen LogP contribution in [0.3, 0.4) is 0 Å². The van der Waals surface area contributed by atoms with E-state index in [4.69, 9.17) is 10.7 Å². The van der Waals surface area contributed by atoms with Crippen molar-refractivity contribution < 1.29 is 0 Å². The lowest BCUT2D eigenvalue weighted by atomic mass is 9.90. The molecule has 2 aromatic rings. The van der Waals surface area contributed by atoms with Crippen molar-refractivity contribution in [2.45, 2.75) is 32.6 Å². The molecule has 0 saturated carbocycles. The van der Waals surface area contributed by atoms with Gasteiger partial charge in [-0.3, -0.25) is 0 Å². The normalized spacial score (nSPS) is 11.8. The van der Waals surface area contributed by atoms with Gasteiger partial charge >= 0.3 is 0 Å². The van der Waals surface area contributed by atoms with Crippen molar-refractivity contribution in [3.8, 4) is 11.3 Å². The summed E-state index contributed by atoms with van der Waals surface area (Å²) in [6, 6.07) is 8.47. The number of aryl methyl sites for hydroxylation is 1. The third kappa shape index (κ3) is 2.79. The van der Waals surface area contributed by atoms with E-state index in [1.165, 1.54) is 16.1 Å². The van der Waals surface area contributed by atoms with Gasteiger partial charge in [0.2, 0.25) is 0 Å². The minimum Gasteiger partial charge on any atom is -0.330 e. The quantitative estimate of drug-likeness (QED) is 0.909. The van der Waals surface area contributed by atoms with E-state index < -0.39 is 0 Å². The number of aromatic nitrogens is 1. The zero-order valence-corrected chi connectivity index (χ0v) is 12.1. The predicted octanol–water partition coefficient (Wildman–Crippen LogP) is 3.74. The Labute approximate surface area is 113 Å². The summed E-state index contributed by atoms with van der Waals surface area (Å²) in [7, 11) is 0. The average molecular weight is 260 g/mol. The van der Waals surface area contributed by atoms with Crippen LogP contribution >= 0.6 is 11.3 Å². The van der Waals surface area contributed by atoms with Crippen molar-refractivity contribution >= 4 is 11.3 Å². The fourth-order valence-electron chi connectivity index (χ4n) is 1.99. The number of nitrogens with two attached hydrogens (primary N) is 1. The van der Waals surface area contributed by atoms with Crippen LogP contribution in [0.2, 0.25) is 0 Å². The molecule has 0 amide bonds. The number of benzene rings is 1. The van der Waals surface area contributed by atoms with Crippen LogP contribution in [0.5, 0.6) is 0 Å². The van der Waals surface area contributed by atoms with Gasteiger partial charge in [0, 0.05) is 16.4 Å². The van der Waals surface area contributed by atoms with E-state index in [0.29, 0.717) is 6.54 Å². The maximum atomic E-state index is 5.67. The minimum atomic E-state index is 0.0709. The minimum absolute atomic E-state index is 0.0709. The molecule has 0 fully saturated rings. The molecule has 1 heterocycles. The molecule has 0 saturated heterocycles. The number of hydrogen-bond donors (Lipinski definition) is 1. The van der Waals surface area contributed by atoms with Crippen LogP contribution in [0.25, 0.3) is 11.3 Å². The van der Waals surface area contributed by atoms with Gasteiger partial charge in [0.1, 0.15) is 0 Å². The molecule has 2 N–H and O–H groups in total. The molecule has 2 rings (SSSR count). The van der Waals surface area contributed by atoms with E-state index >= 15 is 0 Å². The molecule has 1 aromatic carbocycles. The summed E-state index contributed by atoms with van der Waals surface area (Å²) in [5, 5.41) is 3.31. The summed E-state index contributed by atoms with van der Waals surface area (Å²) in [6.45, 7) is 7.22. The van der Waals surface area contributed by atoms with Gasteiger partial charge in [-0.15, -0.1) is 11.3 Å². The molecule has 0 atom stereocenters. The summed E-state index contributed by atoms with van der Waals surface area (Å²) in [5.41, 5.74) is 9.27. The van der Waals surface area contributed by atoms with Gasteiger partial charge in [0.05, 0.1) is 10.7 Å². The highest BCUT2D eigenvalue weighted by molar-refractivity contribution is 7.10. The Hall–Kier alpha value is -1.19. The van der Waals surface area contributed by atoms with Crippen LogP contribution in [0.4, 0.5) is 0 Å². The number of hydrogen-bond acceptors (Lipinski definition) is 3. The molecule has 0 aliphatic heterocycles. The maximum absolute atomic E-state index is 5.67. The van der Waals surface area contributed by atoms with E-state index in [1.54, 1.807) is 11.3 Å². The Morgan fingerprint density at radius 1 is 1.33 bits per heavy atom. The SMILES string of the molecule is Cc1cccc(-c2csc(C(C)(C)CCN)n2)c1. The van der Waals surface area contributed by atoms with Gasteiger partial charge in [0.25, 0.3) is 0 Å². The van der Waals surface area contributed by atoms with Crippen LogP contribution < -0.4 is 5.73 Å². The van der Waals surface area contributed by atoms with E-state index in [-0.39, 0.29) is 5.41 Å². The predicted molar refractivity (Wildman–Crippen MR) is 79.0 cm³/mol. The Balaban J connectivity index is 2.31.